The summed E-state index contributed by atoms with van der Waals surface area (Å²) in [6.07, 6.45) is 2.06. The van der Waals surface area contributed by atoms with Crippen LogP contribution in [-0.2, 0) is 0 Å². The van der Waals surface area contributed by atoms with E-state index in [9.17, 15) is 4.79 Å². The summed E-state index contributed by atoms with van der Waals surface area (Å²) >= 11 is 0. The Morgan fingerprint density at radius 3 is 2.68 bits per heavy atom. The van der Waals surface area contributed by atoms with E-state index in [0.29, 0.717) is 22.9 Å². The summed E-state index contributed by atoms with van der Waals surface area (Å²) in [5, 5.41) is 2.98. The summed E-state index contributed by atoms with van der Waals surface area (Å²) in [7, 11) is 1.54. The van der Waals surface area contributed by atoms with Gasteiger partial charge in [0, 0.05) is 11.7 Å². The molecule has 1 rings (SSSR count). The van der Waals surface area contributed by atoms with Crippen LogP contribution < -0.4 is 15.8 Å². The van der Waals surface area contributed by atoms with Crippen LogP contribution in [0.3, 0.4) is 0 Å². The Morgan fingerprint density at radius 2 is 2.11 bits per heavy atom. The summed E-state index contributed by atoms with van der Waals surface area (Å²) in [5.74, 6) is 0.921. The summed E-state index contributed by atoms with van der Waals surface area (Å²) < 4.78 is 5.19. The van der Waals surface area contributed by atoms with E-state index in [1.807, 2.05) is 6.92 Å². The molecule has 4 heteroatoms. The van der Waals surface area contributed by atoms with Crippen LogP contribution >= 0.6 is 0 Å². The van der Waals surface area contributed by atoms with Crippen LogP contribution in [0.5, 0.6) is 5.75 Å². The fourth-order valence-corrected chi connectivity index (χ4v) is 2.09. The number of nitrogens with one attached hydrogen (secondary N) is 1. The van der Waals surface area contributed by atoms with Crippen LogP contribution in [0.15, 0.2) is 18.2 Å². The third-order valence-electron chi connectivity index (χ3n) is 3.34. The van der Waals surface area contributed by atoms with Gasteiger partial charge in [-0.05, 0) is 31.4 Å². The number of hydrogen-bond acceptors (Lipinski definition) is 3. The molecule has 2 unspecified atom stereocenters. The number of ether oxygens (including phenoxy) is 1. The summed E-state index contributed by atoms with van der Waals surface area (Å²) in [6, 6.07) is 5.33. The second-order valence-corrected chi connectivity index (χ2v) is 5.05. The maximum absolute atomic E-state index is 12.3. The van der Waals surface area contributed by atoms with Crippen molar-refractivity contribution in [3.05, 3.63) is 23.8 Å². The van der Waals surface area contributed by atoms with Crippen LogP contribution in [-0.4, -0.2) is 19.1 Å². The molecule has 0 fully saturated rings. The molecule has 2 atom stereocenters. The van der Waals surface area contributed by atoms with Gasteiger partial charge in [-0.1, -0.05) is 26.3 Å². The SMILES string of the molecule is CCC(C)CC(C)NC(=O)c1c(N)cccc1OC. The van der Waals surface area contributed by atoms with E-state index in [1.54, 1.807) is 18.2 Å². The normalized spacial score (nSPS) is 13.7. The molecular weight excluding hydrogens is 240 g/mol. The molecule has 0 aliphatic rings. The van der Waals surface area contributed by atoms with E-state index < -0.39 is 0 Å². The second-order valence-electron chi connectivity index (χ2n) is 5.05. The second kappa shape index (κ2) is 7.02. The fourth-order valence-electron chi connectivity index (χ4n) is 2.09. The Balaban J connectivity index is 2.78. The fraction of sp³-hybridized carbons (Fsp3) is 0.533. The Kier molecular flexibility index (Phi) is 5.67. The zero-order chi connectivity index (χ0) is 14.4. The van der Waals surface area contributed by atoms with Crippen molar-refractivity contribution >= 4 is 11.6 Å². The number of nitrogen functional groups attached to an aromatic ring is 1. The Hall–Kier alpha value is -1.71. The number of carbonyl (C=O) groups excluding carboxylic acids is 1. The van der Waals surface area contributed by atoms with Crippen molar-refractivity contribution in [1.29, 1.82) is 0 Å². The summed E-state index contributed by atoms with van der Waals surface area (Å²) in [5.41, 5.74) is 6.72. The van der Waals surface area contributed by atoms with Crippen LogP contribution in [0.2, 0.25) is 0 Å². The van der Waals surface area contributed by atoms with Gasteiger partial charge in [0.25, 0.3) is 5.91 Å². The molecule has 106 valence electrons. The van der Waals surface area contributed by atoms with Crippen LogP contribution in [0.1, 0.15) is 44.0 Å². The maximum atomic E-state index is 12.3. The standard InChI is InChI=1S/C15H24N2O2/c1-5-10(2)9-11(3)17-15(18)14-12(16)7-6-8-13(14)19-4/h6-8,10-11H,5,9,16H2,1-4H3,(H,17,18). The lowest BCUT2D eigenvalue weighted by atomic mass is 10.00. The molecule has 19 heavy (non-hydrogen) atoms. The van der Waals surface area contributed by atoms with Crippen LogP contribution in [0.4, 0.5) is 5.69 Å². The van der Waals surface area contributed by atoms with E-state index >= 15 is 0 Å². The average Bonchev–Trinajstić information content (AvgIpc) is 2.37. The molecule has 0 aliphatic carbocycles. The van der Waals surface area contributed by atoms with Gasteiger partial charge in [0.1, 0.15) is 11.3 Å². The highest BCUT2D eigenvalue weighted by molar-refractivity contribution is 6.02. The molecule has 0 aliphatic heterocycles. The van der Waals surface area contributed by atoms with Gasteiger partial charge >= 0.3 is 0 Å². The van der Waals surface area contributed by atoms with Crippen molar-refractivity contribution < 1.29 is 9.53 Å². The molecule has 0 saturated carbocycles. The van der Waals surface area contributed by atoms with Crippen molar-refractivity contribution in [3.8, 4) is 5.75 Å². The lowest BCUT2D eigenvalue weighted by molar-refractivity contribution is 0.0933. The van der Waals surface area contributed by atoms with Gasteiger partial charge < -0.3 is 15.8 Å². The van der Waals surface area contributed by atoms with Crippen molar-refractivity contribution in [2.24, 2.45) is 5.92 Å². The molecule has 4 nitrogen and oxygen atoms in total. The van der Waals surface area contributed by atoms with Crippen molar-refractivity contribution in [1.82, 2.24) is 5.32 Å². The Bertz CT molecular complexity index is 432. The van der Waals surface area contributed by atoms with E-state index in [4.69, 9.17) is 10.5 Å². The minimum absolute atomic E-state index is 0.117. The summed E-state index contributed by atoms with van der Waals surface area (Å²) in [6.45, 7) is 6.34. The minimum Gasteiger partial charge on any atom is -0.496 e. The number of methoxy groups -OCH3 is 1. The molecule has 1 aromatic rings. The largest absolute Gasteiger partial charge is 0.496 e. The highest BCUT2D eigenvalue weighted by Crippen LogP contribution is 2.24. The van der Waals surface area contributed by atoms with E-state index in [1.165, 1.54) is 7.11 Å². The molecule has 1 amide bonds. The van der Waals surface area contributed by atoms with Crippen molar-refractivity contribution in [2.45, 2.75) is 39.7 Å². The van der Waals surface area contributed by atoms with Gasteiger partial charge in [-0.15, -0.1) is 0 Å². The first-order valence-corrected chi connectivity index (χ1v) is 6.72. The van der Waals surface area contributed by atoms with Gasteiger partial charge in [0.2, 0.25) is 0 Å². The zero-order valence-corrected chi connectivity index (χ0v) is 12.2. The number of benzene rings is 1. The monoisotopic (exact) mass is 264 g/mol. The quantitative estimate of drug-likeness (QED) is 0.776. The van der Waals surface area contributed by atoms with Crippen LogP contribution in [0, 0.1) is 5.92 Å². The van der Waals surface area contributed by atoms with E-state index in [-0.39, 0.29) is 11.9 Å². The molecule has 3 N–H and O–H groups in total. The molecule has 0 heterocycles. The Labute approximate surface area is 115 Å². The van der Waals surface area contributed by atoms with E-state index in [0.717, 1.165) is 12.8 Å². The molecular formula is C15H24N2O2. The lowest BCUT2D eigenvalue weighted by Crippen LogP contribution is -2.34. The van der Waals surface area contributed by atoms with Gasteiger partial charge in [0.15, 0.2) is 0 Å². The zero-order valence-electron chi connectivity index (χ0n) is 12.2. The highest BCUT2D eigenvalue weighted by Gasteiger charge is 2.18. The predicted octanol–water partition coefficient (Wildman–Crippen LogP) is 2.83. The molecule has 0 aromatic heterocycles. The maximum Gasteiger partial charge on any atom is 0.257 e. The molecule has 0 saturated heterocycles. The summed E-state index contributed by atoms with van der Waals surface area (Å²) in [4.78, 5) is 12.3. The van der Waals surface area contributed by atoms with Crippen LogP contribution in [0.25, 0.3) is 0 Å². The number of amides is 1. The smallest absolute Gasteiger partial charge is 0.257 e. The van der Waals surface area contributed by atoms with Gasteiger partial charge in [-0.2, -0.15) is 0 Å². The molecule has 0 spiro atoms. The number of nitrogens with two attached hydrogens (primary N) is 1. The van der Waals surface area contributed by atoms with Gasteiger partial charge in [-0.25, -0.2) is 0 Å². The first-order valence-electron chi connectivity index (χ1n) is 6.72. The first kappa shape index (κ1) is 15.3. The van der Waals surface area contributed by atoms with Gasteiger partial charge in [0.05, 0.1) is 7.11 Å². The molecule has 1 aromatic carbocycles. The number of hydrogen-bond donors (Lipinski definition) is 2. The lowest BCUT2D eigenvalue weighted by Gasteiger charge is -2.19. The molecule has 0 bridgehead atoms. The number of anilines is 1. The minimum atomic E-state index is -0.175. The first-order chi connectivity index (χ1) is 8.99. The number of rotatable bonds is 6. The highest BCUT2D eigenvalue weighted by atomic mass is 16.5. The Morgan fingerprint density at radius 1 is 1.42 bits per heavy atom. The topological polar surface area (TPSA) is 64.4 Å². The van der Waals surface area contributed by atoms with E-state index in [2.05, 4.69) is 19.2 Å². The van der Waals surface area contributed by atoms with Gasteiger partial charge in [-0.3, -0.25) is 4.79 Å². The molecule has 0 radical (unpaired) electrons. The van der Waals surface area contributed by atoms with Crippen molar-refractivity contribution in [3.63, 3.8) is 0 Å². The van der Waals surface area contributed by atoms with Crippen molar-refractivity contribution in [2.75, 3.05) is 12.8 Å². The third-order valence-corrected chi connectivity index (χ3v) is 3.34. The predicted molar refractivity (Wildman–Crippen MR) is 78.4 cm³/mol. The average molecular weight is 264 g/mol. The number of carbonyl (C=O) groups is 1. The third kappa shape index (κ3) is 4.16.